The summed E-state index contributed by atoms with van der Waals surface area (Å²) in [5, 5.41) is 4.01. The second-order valence-electron chi connectivity index (χ2n) is 5.23. The SMILES string of the molecule is CC(C)(C)OC(=O)C1CNCCC1OCCBr. The summed E-state index contributed by atoms with van der Waals surface area (Å²) in [5.41, 5.74) is -0.436. The van der Waals surface area contributed by atoms with Crippen LogP contribution < -0.4 is 5.32 Å². The van der Waals surface area contributed by atoms with E-state index in [1.807, 2.05) is 20.8 Å². The number of hydrogen-bond acceptors (Lipinski definition) is 4. The monoisotopic (exact) mass is 307 g/mol. The highest BCUT2D eigenvalue weighted by atomic mass is 79.9. The van der Waals surface area contributed by atoms with Gasteiger partial charge in [0.05, 0.1) is 18.6 Å². The van der Waals surface area contributed by atoms with Gasteiger partial charge in [0, 0.05) is 11.9 Å². The summed E-state index contributed by atoms with van der Waals surface area (Å²) in [7, 11) is 0. The molecule has 0 radical (unpaired) electrons. The number of nitrogens with one attached hydrogen (secondary N) is 1. The van der Waals surface area contributed by atoms with Crippen molar-refractivity contribution < 1.29 is 14.3 Å². The Hall–Kier alpha value is -0.130. The van der Waals surface area contributed by atoms with E-state index in [4.69, 9.17) is 9.47 Å². The maximum Gasteiger partial charge on any atom is 0.313 e. The summed E-state index contributed by atoms with van der Waals surface area (Å²) in [6, 6.07) is 0. The Morgan fingerprint density at radius 1 is 1.47 bits per heavy atom. The standard InChI is InChI=1S/C12H22BrNO3/c1-12(2,3)17-11(15)9-8-14-6-4-10(9)16-7-5-13/h9-10,14H,4-8H2,1-3H3. The third kappa shape index (κ3) is 5.36. The average Bonchev–Trinajstić information content (AvgIpc) is 2.24. The van der Waals surface area contributed by atoms with E-state index in [1.54, 1.807) is 0 Å². The highest BCUT2D eigenvalue weighted by Gasteiger charge is 2.34. The van der Waals surface area contributed by atoms with Crippen LogP contribution >= 0.6 is 15.9 Å². The van der Waals surface area contributed by atoms with E-state index in [1.165, 1.54) is 0 Å². The van der Waals surface area contributed by atoms with Gasteiger partial charge in [-0.25, -0.2) is 0 Å². The molecular formula is C12H22BrNO3. The minimum Gasteiger partial charge on any atom is -0.460 e. The third-order valence-electron chi connectivity index (χ3n) is 2.54. The number of rotatable bonds is 4. The number of piperidine rings is 1. The molecule has 5 heteroatoms. The van der Waals surface area contributed by atoms with Crippen LogP contribution in [0, 0.1) is 5.92 Å². The van der Waals surface area contributed by atoms with Crippen molar-refractivity contribution in [3.8, 4) is 0 Å². The molecule has 2 atom stereocenters. The molecule has 0 saturated carbocycles. The Balaban J connectivity index is 2.54. The molecule has 4 nitrogen and oxygen atoms in total. The van der Waals surface area contributed by atoms with Crippen LogP contribution in [0.3, 0.4) is 0 Å². The van der Waals surface area contributed by atoms with Crippen molar-refractivity contribution in [1.29, 1.82) is 0 Å². The predicted molar refractivity (Wildman–Crippen MR) is 70.4 cm³/mol. The summed E-state index contributed by atoms with van der Waals surface area (Å²) in [6.07, 6.45) is 0.834. The average molecular weight is 308 g/mol. The van der Waals surface area contributed by atoms with Crippen molar-refractivity contribution in [2.75, 3.05) is 25.0 Å². The molecule has 1 rings (SSSR count). The van der Waals surface area contributed by atoms with E-state index >= 15 is 0 Å². The molecule has 1 saturated heterocycles. The zero-order valence-electron chi connectivity index (χ0n) is 10.8. The minimum atomic E-state index is -0.436. The molecular weight excluding hydrogens is 286 g/mol. The molecule has 0 aromatic carbocycles. The topological polar surface area (TPSA) is 47.6 Å². The Labute approximate surface area is 112 Å². The van der Waals surface area contributed by atoms with Gasteiger partial charge in [0.15, 0.2) is 0 Å². The summed E-state index contributed by atoms with van der Waals surface area (Å²) >= 11 is 3.33. The quantitative estimate of drug-likeness (QED) is 0.634. The van der Waals surface area contributed by atoms with Crippen LogP contribution in [0.25, 0.3) is 0 Å². The van der Waals surface area contributed by atoms with E-state index in [-0.39, 0.29) is 18.0 Å². The Morgan fingerprint density at radius 2 is 2.18 bits per heavy atom. The van der Waals surface area contributed by atoms with Gasteiger partial charge in [0.25, 0.3) is 0 Å². The molecule has 0 aliphatic carbocycles. The molecule has 1 N–H and O–H groups in total. The van der Waals surface area contributed by atoms with Crippen molar-refractivity contribution in [3.63, 3.8) is 0 Å². The summed E-state index contributed by atoms with van der Waals surface area (Å²) in [5.74, 6) is -0.355. The van der Waals surface area contributed by atoms with Crippen LogP contribution in [-0.4, -0.2) is 42.7 Å². The molecule has 1 heterocycles. The largest absolute Gasteiger partial charge is 0.460 e. The van der Waals surface area contributed by atoms with Gasteiger partial charge in [-0.1, -0.05) is 15.9 Å². The molecule has 2 unspecified atom stereocenters. The number of carbonyl (C=O) groups excluding carboxylic acids is 1. The lowest BCUT2D eigenvalue weighted by Crippen LogP contribution is -2.47. The second-order valence-corrected chi connectivity index (χ2v) is 6.02. The lowest BCUT2D eigenvalue weighted by molar-refractivity contribution is -0.166. The number of halogens is 1. The maximum atomic E-state index is 12.0. The normalized spacial score (nSPS) is 25.6. The number of ether oxygens (including phenoxy) is 2. The first kappa shape index (κ1) is 14.9. The first-order chi connectivity index (χ1) is 7.94. The molecule has 0 aromatic rings. The van der Waals surface area contributed by atoms with Crippen molar-refractivity contribution in [2.24, 2.45) is 5.92 Å². The van der Waals surface area contributed by atoms with E-state index in [0.29, 0.717) is 13.2 Å². The van der Waals surface area contributed by atoms with Crippen molar-refractivity contribution in [3.05, 3.63) is 0 Å². The van der Waals surface area contributed by atoms with Crippen LogP contribution in [0.4, 0.5) is 0 Å². The van der Waals surface area contributed by atoms with Gasteiger partial charge in [0.1, 0.15) is 5.60 Å². The Morgan fingerprint density at radius 3 is 2.76 bits per heavy atom. The first-order valence-electron chi connectivity index (χ1n) is 6.05. The van der Waals surface area contributed by atoms with Gasteiger partial charge >= 0.3 is 5.97 Å². The van der Waals surface area contributed by atoms with E-state index < -0.39 is 5.60 Å². The number of alkyl halides is 1. The van der Waals surface area contributed by atoms with Crippen molar-refractivity contribution in [1.82, 2.24) is 5.32 Å². The Kier molecular flexibility index (Phi) is 5.89. The lowest BCUT2D eigenvalue weighted by atomic mass is 9.95. The molecule has 1 aliphatic heterocycles. The number of hydrogen-bond donors (Lipinski definition) is 1. The van der Waals surface area contributed by atoms with E-state index in [0.717, 1.165) is 18.3 Å². The molecule has 0 spiro atoms. The van der Waals surface area contributed by atoms with Gasteiger partial charge in [-0.3, -0.25) is 4.79 Å². The molecule has 0 aromatic heterocycles. The second kappa shape index (κ2) is 6.71. The van der Waals surface area contributed by atoms with Crippen LogP contribution in [0.15, 0.2) is 0 Å². The smallest absolute Gasteiger partial charge is 0.313 e. The molecule has 1 fully saturated rings. The summed E-state index contributed by atoms with van der Waals surface area (Å²) < 4.78 is 11.1. The summed E-state index contributed by atoms with van der Waals surface area (Å²) in [4.78, 5) is 12.0. The van der Waals surface area contributed by atoms with Crippen LogP contribution in [0.5, 0.6) is 0 Å². The molecule has 17 heavy (non-hydrogen) atoms. The molecule has 0 bridgehead atoms. The highest BCUT2D eigenvalue weighted by Crippen LogP contribution is 2.20. The van der Waals surface area contributed by atoms with E-state index in [2.05, 4.69) is 21.2 Å². The van der Waals surface area contributed by atoms with Crippen LogP contribution in [0.1, 0.15) is 27.2 Å². The minimum absolute atomic E-state index is 0.0244. The van der Waals surface area contributed by atoms with Gasteiger partial charge in [0.2, 0.25) is 0 Å². The fourth-order valence-electron chi connectivity index (χ4n) is 1.84. The van der Waals surface area contributed by atoms with Gasteiger partial charge in [-0.05, 0) is 33.7 Å². The van der Waals surface area contributed by atoms with Crippen LogP contribution in [-0.2, 0) is 14.3 Å². The van der Waals surface area contributed by atoms with Crippen molar-refractivity contribution in [2.45, 2.75) is 38.9 Å². The predicted octanol–water partition coefficient (Wildman–Crippen LogP) is 1.72. The zero-order valence-corrected chi connectivity index (χ0v) is 12.4. The third-order valence-corrected chi connectivity index (χ3v) is 2.86. The van der Waals surface area contributed by atoms with Gasteiger partial charge in [-0.15, -0.1) is 0 Å². The molecule has 0 amide bonds. The van der Waals surface area contributed by atoms with Crippen LogP contribution in [0.2, 0.25) is 0 Å². The van der Waals surface area contributed by atoms with Gasteiger partial charge in [-0.2, -0.15) is 0 Å². The fraction of sp³-hybridized carbons (Fsp3) is 0.917. The fourth-order valence-corrected chi connectivity index (χ4v) is 2.03. The molecule has 100 valence electrons. The Bertz CT molecular complexity index is 253. The van der Waals surface area contributed by atoms with E-state index in [9.17, 15) is 4.79 Å². The zero-order chi connectivity index (χ0) is 12.9. The number of esters is 1. The first-order valence-corrected chi connectivity index (χ1v) is 7.17. The number of carbonyl (C=O) groups is 1. The summed E-state index contributed by atoms with van der Waals surface area (Å²) in [6.45, 7) is 7.82. The van der Waals surface area contributed by atoms with Gasteiger partial charge < -0.3 is 14.8 Å². The molecule has 1 aliphatic rings. The highest BCUT2D eigenvalue weighted by molar-refractivity contribution is 9.09. The van der Waals surface area contributed by atoms with Crippen molar-refractivity contribution >= 4 is 21.9 Å². The maximum absolute atomic E-state index is 12.0. The lowest BCUT2D eigenvalue weighted by Gasteiger charge is -2.32.